The summed E-state index contributed by atoms with van der Waals surface area (Å²) in [6.45, 7) is 4.62. The Kier molecular flexibility index (Phi) is 2.23. The first-order valence-electron chi connectivity index (χ1n) is 4.36. The minimum absolute atomic E-state index is 0.389. The Labute approximate surface area is 87.7 Å². The van der Waals surface area contributed by atoms with Crippen LogP contribution in [-0.2, 0) is 0 Å². The standard InChI is InChI=1S/C9H14N2S2/c1-9(2)5-6(9)8(13-4)11-10-7(5)12-3/h5-6H,1-4H3. The fourth-order valence-electron chi connectivity index (χ4n) is 2.12. The molecule has 1 saturated carbocycles. The zero-order valence-corrected chi connectivity index (χ0v) is 10.00. The van der Waals surface area contributed by atoms with Gasteiger partial charge in [0.15, 0.2) is 0 Å². The highest BCUT2D eigenvalue weighted by Crippen LogP contribution is 2.63. The highest BCUT2D eigenvalue weighted by atomic mass is 32.2. The first-order valence-corrected chi connectivity index (χ1v) is 6.81. The van der Waals surface area contributed by atoms with Gasteiger partial charge >= 0.3 is 0 Å². The Morgan fingerprint density at radius 1 is 1.00 bits per heavy atom. The number of fused-ring (bicyclic) bond motifs is 1. The van der Waals surface area contributed by atoms with E-state index in [4.69, 9.17) is 0 Å². The number of rotatable bonds is 0. The van der Waals surface area contributed by atoms with Crippen LogP contribution in [0.4, 0.5) is 0 Å². The van der Waals surface area contributed by atoms with E-state index in [2.05, 4.69) is 36.6 Å². The van der Waals surface area contributed by atoms with Crippen molar-refractivity contribution in [3.63, 3.8) is 0 Å². The van der Waals surface area contributed by atoms with Crippen LogP contribution in [0, 0.1) is 17.3 Å². The monoisotopic (exact) mass is 214 g/mol. The van der Waals surface area contributed by atoms with Crippen molar-refractivity contribution < 1.29 is 0 Å². The molecule has 13 heavy (non-hydrogen) atoms. The Morgan fingerprint density at radius 2 is 1.38 bits per heavy atom. The van der Waals surface area contributed by atoms with Crippen molar-refractivity contribution in [2.75, 3.05) is 12.5 Å². The fourth-order valence-corrected chi connectivity index (χ4v) is 3.75. The van der Waals surface area contributed by atoms with E-state index in [0.29, 0.717) is 17.3 Å². The van der Waals surface area contributed by atoms with Crippen molar-refractivity contribution in [1.82, 2.24) is 0 Å². The molecule has 1 fully saturated rings. The molecule has 0 amide bonds. The smallest absolute Gasteiger partial charge is 0.1000 e. The third kappa shape index (κ3) is 1.26. The van der Waals surface area contributed by atoms with E-state index in [1.807, 2.05) is 0 Å². The lowest BCUT2D eigenvalue weighted by Gasteiger charge is -2.06. The molecule has 0 aromatic carbocycles. The molecular weight excluding hydrogens is 200 g/mol. The quantitative estimate of drug-likeness (QED) is 0.619. The molecule has 0 bridgehead atoms. The molecule has 1 aliphatic heterocycles. The summed E-state index contributed by atoms with van der Waals surface area (Å²) < 4.78 is 0. The molecule has 0 aromatic rings. The van der Waals surface area contributed by atoms with Gasteiger partial charge in [-0.05, 0) is 17.9 Å². The molecule has 0 saturated heterocycles. The average Bonchev–Trinajstić information content (AvgIpc) is 2.70. The summed E-state index contributed by atoms with van der Waals surface area (Å²) >= 11 is 3.49. The molecule has 0 radical (unpaired) electrons. The average molecular weight is 214 g/mol. The van der Waals surface area contributed by atoms with Crippen molar-refractivity contribution >= 4 is 33.6 Å². The van der Waals surface area contributed by atoms with Crippen molar-refractivity contribution in [2.45, 2.75) is 13.8 Å². The van der Waals surface area contributed by atoms with Crippen LogP contribution in [0.15, 0.2) is 10.2 Å². The molecule has 2 aliphatic rings. The van der Waals surface area contributed by atoms with Crippen LogP contribution in [0.3, 0.4) is 0 Å². The van der Waals surface area contributed by atoms with E-state index < -0.39 is 0 Å². The lowest BCUT2D eigenvalue weighted by molar-refractivity contribution is 0.606. The lowest BCUT2D eigenvalue weighted by atomic mass is 10.1. The minimum Gasteiger partial charge on any atom is -0.148 e. The summed E-state index contributed by atoms with van der Waals surface area (Å²) in [6.07, 6.45) is 4.17. The molecule has 4 heteroatoms. The van der Waals surface area contributed by atoms with Crippen molar-refractivity contribution in [2.24, 2.45) is 27.5 Å². The SMILES string of the molecule is CSC1=NN=C(SC)C2C1C2(C)C. The van der Waals surface area contributed by atoms with Crippen LogP contribution in [0.2, 0.25) is 0 Å². The Balaban J connectivity index is 2.31. The largest absolute Gasteiger partial charge is 0.148 e. The van der Waals surface area contributed by atoms with Gasteiger partial charge in [-0.15, -0.1) is 33.7 Å². The van der Waals surface area contributed by atoms with Crippen molar-refractivity contribution in [1.29, 1.82) is 0 Å². The topological polar surface area (TPSA) is 24.7 Å². The molecule has 2 rings (SSSR count). The van der Waals surface area contributed by atoms with Crippen LogP contribution in [-0.4, -0.2) is 22.6 Å². The zero-order valence-electron chi connectivity index (χ0n) is 8.37. The molecule has 0 N–H and O–H groups in total. The van der Waals surface area contributed by atoms with E-state index in [1.165, 1.54) is 10.1 Å². The molecule has 2 unspecified atom stereocenters. The molecular formula is C9H14N2S2. The number of nitrogens with zero attached hydrogens (tertiary/aromatic N) is 2. The van der Waals surface area contributed by atoms with Gasteiger partial charge in [-0.3, -0.25) is 0 Å². The van der Waals surface area contributed by atoms with Gasteiger partial charge in [0.2, 0.25) is 0 Å². The van der Waals surface area contributed by atoms with Crippen LogP contribution < -0.4 is 0 Å². The van der Waals surface area contributed by atoms with Gasteiger partial charge in [-0.2, -0.15) is 0 Å². The maximum Gasteiger partial charge on any atom is 0.1000 e. The second kappa shape index (κ2) is 3.02. The van der Waals surface area contributed by atoms with Crippen LogP contribution in [0.25, 0.3) is 0 Å². The summed E-state index contributed by atoms with van der Waals surface area (Å²) in [7, 11) is 0. The first kappa shape index (κ1) is 9.59. The predicted octanol–water partition coefficient (Wildman–Crippen LogP) is 2.71. The lowest BCUT2D eigenvalue weighted by Crippen LogP contribution is -2.07. The van der Waals surface area contributed by atoms with Gasteiger partial charge in [-0.1, -0.05) is 13.8 Å². The predicted molar refractivity (Wildman–Crippen MR) is 62.7 cm³/mol. The zero-order chi connectivity index (χ0) is 9.64. The molecule has 0 aromatic heterocycles. The van der Waals surface area contributed by atoms with Gasteiger partial charge in [0, 0.05) is 11.8 Å². The molecule has 2 nitrogen and oxygen atoms in total. The van der Waals surface area contributed by atoms with E-state index >= 15 is 0 Å². The Bertz CT molecular complexity index is 266. The van der Waals surface area contributed by atoms with Gasteiger partial charge in [0.1, 0.15) is 0 Å². The summed E-state index contributed by atoms with van der Waals surface area (Å²) in [5, 5.41) is 11.0. The first-order chi connectivity index (χ1) is 6.12. The number of thioether (sulfide) groups is 2. The fraction of sp³-hybridized carbons (Fsp3) is 0.778. The molecule has 1 heterocycles. The summed E-state index contributed by atoms with van der Waals surface area (Å²) in [4.78, 5) is 0. The van der Waals surface area contributed by atoms with E-state index in [1.54, 1.807) is 23.5 Å². The summed E-state index contributed by atoms with van der Waals surface area (Å²) in [5.41, 5.74) is 0.389. The number of hydrogen-bond donors (Lipinski definition) is 0. The highest BCUT2D eigenvalue weighted by Gasteiger charge is 2.63. The van der Waals surface area contributed by atoms with Gasteiger partial charge in [-0.25, -0.2) is 0 Å². The van der Waals surface area contributed by atoms with E-state index in [0.717, 1.165) is 0 Å². The Morgan fingerprint density at radius 3 is 1.69 bits per heavy atom. The molecule has 2 atom stereocenters. The summed E-state index contributed by atoms with van der Waals surface area (Å²) in [5.74, 6) is 1.28. The van der Waals surface area contributed by atoms with Gasteiger partial charge in [0.25, 0.3) is 0 Å². The Hall–Kier alpha value is 0.0400. The van der Waals surface area contributed by atoms with Crippen LogP contribution >= 0.6 is 23.5 Å². The normalized spacial score (nSPS) is 34.8. The van der Waals surface area contributed by atoms with Crippen LogP contribution in [0.1, 0.15) is 13.8 Å². The second-order valence-corrected chi connectivity index (χ2v) is 5.71. The third-order valence-electron chi connectivity index (χ3n) is 3.02. The highest BCUT2D eigenvalue weighted by molar-refractivity contribution is 8.14. The molecule has 1 aliphatic carbocycles. The van der Waals surface area contributed by atoms with E-state index in [9.17, 15) is 0 Å². The van der Waals surface area contributed by atoms with Gasteiger partial charge in [0.05, 0.1) is 10.1 Å². The minimum atomic E-state index is 0.389. The van der Waals surface area contributed by atoms with Gasteiger partial charge < -0.3 is 0 Å². The summed E-state index contributed by atoms with van der Waals surface area (Å²) in [6, 6.07) is 0. The van der Waals surface area contributed by atoms with Crippen molar-refractivity contribution in [3.8, 4) is 0 Å². The molecule has 72 valence electrons. The molecule has 0 spiro atoms. The van der Waals surface area contributed by atoms with Crippen molar-refractivity contribution in [3.05, 3.63) is 0 Å². The van der Waals surface area contributed by atoms with E-state index in [-0.39, 0.29) is 0 Å². The third-order valence-corrected chi connectivity index (χ3v) is 4.53. The maximum atomic E-state index is 4.27. The maximum absolute atomic E-state index is 4.27. The number of hydrogen-bond acceptors (Lipinski definition) is 4. The van der Waals surface area contributed by atoms with Crippen LogP contribution in [0.5, 0.6) is 0 Å². The second-order valence-electron chi connectivity index (χ2n) is 4.06.